The Morgan fingerprint density at radius 2 is 2.09 bits per heavy atom. The number of fused-ring (bicyclic) bond motifs is 1. The zero-order valence-corrected chi connectivity index (χ0v) is 19.0. The van der Waals surface area contributed by atoms with Crippen molar-refractivity contribution >= 4 is 12.4 Å². The third kappa shape index (κ3) is 5.35. The molecule has 0 spiro atoms. The first-order valence-corrected chi connectivity index (χ1v) is 10.9. The number of aliphatic hydroxyl groups excluding tert-OH is 1. The third-order valence-electron chi connectivity index (χ3n) is 6.41. The largest absolute Gasteiger partial charge is 0.496 e. The van der Waals surface area contributed by atoms with E-state index in [9.17, 15) is 15.2 Å². The fourth-order valence-electron chi connectivity index (χ4n) is 4.62. The summed E-state index contributed by atoms with van der Waals surface area (Å²) in [5.41, 5.74) is 8.05. The highest BCUT2D eigenvalue weighted by molar-refractivity contribution is 5.93. The van der Waals surface area contributed by atoms with Crippen LogP contribution in [0.15, 0.2) is 35.7 Å². The summed E-state index contributed by atoms with van der Waals surface area (Å²) in [5, 5.41) is 20.2. The molecule has 4 rings (SSSR count). The second-order valence-corrected chi connectivity index (χ2v) is 8.19. The fraction of sp³-hybridized carbons (Fsp3) is 0.458. The molecule has 0 aromatic heterocycles. The van der Waals surface area contributed by atoms with Crippen LogP contribution in [0.1, 0.15) is 46.0 Å². The number of rotatable bonds is 5. The lowest BCUT2D eigenvalue weighted by Crippen LogP contribution is -2.44. The predicted molar refractivity (Wildman–Crippen MR) is 120 cm³/mol. The minimum Gasteiger partial charge on any atom is -0.496 e. The van der Waals surface area contributed by atoms with Crippen molar-refractivity contribution in [1.29, 1.82) is 5.26 Å². The molecule has 3 heterocycles. The van der Waals surface area contributed by atoms with Crippen LogP contribution in [-0.4, -0.2) is 66.6 Å². The van der Waals surface area contributed by atoms with Gasteiger partial charge in [0.25, 0.3) is 0 Å². The SMILES string of the molecule is COC1=CCN(C2CCN(CC(O)c3ccc4c(c3C)COC4=O)CC2)C=C1C#N.NC=O. The first kappa shape index (κ1) is 24.3. The Morgan fingerprint density at radius 3 is 2.73 bits per heavy atom. The van der Waals surface area contributed by atoms with Crippen LogP contribution < -0.4 is 5.73 Å². The van der Waals surface area contributed by atoms with Crippen LogP contribution in [0.5, 0.6) is 0 Å². The van der Waals surface area contributed by atoms with Crippen LogP contribution in [0.2, 0.25) is 0 Å². The number of carbonyl (C=O) groups is 2. The standard InChI is InChI=1S/C23H27N3O4.CH3NO/c1-15-18(3-4-19-20(15)14-30-23(19)28)21(27)13-25-8-5-17(6-9-25)26-10-7-22(29-2)16(11-24)12-26;2-1-3/h3-4,7,12,17,21,27H,5-6,8-10,13-14H2,1-2H3;1H,(H2,2,3). The fourth-order valence-corrected chi connectivity index (χ4v) is 4.62. The van der Waals surface area contributed by atoms with Crippen LogP contribution in [0, 0.1) is 18.3 Å². The van der Waals surface area contributed by atoms with Gasteiger partial charge in [-0.25, -0.2) is 4.79 Å². The van der Waals surface area contributed by atoms with Crippen molar-refractivity contribution in [2.75, 3.05) is 33.3 Å². The maximum Gasteiger partial charge on any atom is 0.338 e. The number of nitrogens with two attached hydrogens (primary N) is 1. The summed E-state index contributed by atoms with van der Waals surface area (Å²) in [7, 11) is 1.59. The molecule has 0 bridgehead atoms. The van der Waals surface area contributed by atoms with Gasteiger partial charge in [0.1, 0.15) is 24.0 Å². The summed E-state index contributed by atoms with van der Waals surface area (Å²) in [4.78, 5) is 24.8. The van der Waals surface area contributed by atoms with Crippen molar-refractivity contribution in [3.8, 4) is 6.07 Å². The Balaban J connectivity index is 0.000000968. The van der Waals surface area contributed by atoms with Crippen LogP contribution in [-0.2, 0) is 20.9 Å². The molecule has 3 aliphatic rings. The van der Waals surface area contributed by atoms with Gasteiger partial charge in [-0.15, -0.1) is 0 Å². The van der Waals surface area contributed by atoms with E-state index in [0.717, 1.165) is 49.2 Å². The van der Waals surface area contributed by atoms with E-state index in [1.165, 1.54) is 0 Å². The van der Waals surface area contributed by atoms with E-state index in [-0.39, 0.29) is 12.4 Å². The number of allylic oxidation sites excluding steroid dienone is 1. The number of nitrogens with zero attached hydrogens (tertiary/aromatic N) is 3. The second-order valence-electron chi connectivity index (χ2n) is 8.19. The van der Waals surface area contributed by atoms with E-state index in [1.54, 1.807) is 13.2 Å². The quantitative estimate of drug-likeness (QED) is 0.506. The molecule has 0 saturated carbocycles. The molecule has 1 aromatic rings. The van der Waals surface area contributed by atoms with Crippen molar-refractivity contribution in [2.24, 2.45) is 5.73 Å². The monoisotopic (exact) mass is 454 g/mol. The van der Waals surface area contributed by atoms with E-state index < -0.39 is 6.10 Å². The van der Waals surface area contributed by atoms with Crippen molar-refractivity contribution < 1.29 is 24.2 Å². The average Bonchev–Trinajstić information content (AvgIpc) is 3.21. The Hall–Kier alpha value is -3.35. The first-order valence-electron chi connectivity index (χ1n) is 10.9. The molecule has 1 saturated heterocycles. The number of carbonyl (C=O) groups excluding carboxylic acids is 2. The molecule has 1 fully saturated rings. The normalized spacial score (nSPS) is 19.2. The van der Waals surface area contributed by atoms with E-state index >= 15 is 0 Å². The zero-order valence-electron chi connectivity index (χ0n) is 19.0. The molecule has 3 N–H and O–H groups in total. The lowest BCUT2D eigenvalue weighted by Gasteiger charge is -2.39. The van der Waals surface area contributed by atoms with Crippen molar-refractivity contribution in [1.82, 2.24) is 9.80 Å². The summed E-state index contributed by atoms with van der Waals surface area (Å²) in [5.74, 6) is 0.362. The van der Waals surface area contributed by atoms with E-state index in [4.69, 9.17) is 14.3 Å². The highest BCUT2D eigenvalue weighted by Crippen LogP contribution is 2.30. The molecule has 0 radical (unpaired) electrons. The molecule has 3 aliphatic heterocycles. The number of esters is 1. The summed E-state index contributed by atoms with van der Waals surface area (Å²) < 4.78 is 10.4. The summed E-state index contributed by atoms with van der Waals surface area (Å²) in [6.07, 6.45) is 5.47. The smallest absolute Gasteiger partial charge is 0.338 e. The Morgan fingerprint density at radius 1 is 1.39 bits per heavy atom. The van der Waals surface area contributed by atoms with Gasteiger partial charge < -0.3 is 30.1 Å². The van der Waals surface area contributed by atoms with Crippen molar-refractivity contribution in [3.05, 3.63) is 58.0 Å². The highest BCUT2D eigenvalue weighted by atomic mass is 16.5. The van der Waals surface area contributed by atoms with Gasteiger partial charge in [-0.1, -0.05) is 6.07 Å². The summed E-state index contributed by atoms with van der Waals surface area (Å²) >= 11 is 0. The Kier molecular flexibility index (Phi) is 8.09. The number of ether oxygens (including phenoxy) is 2. The molecule has 0 aliphatic carbocycles. The van der Waals surface area contributed by atoms with Gasteiger partial charge in [-0.3, -0.25) is 4.79 Å². The van der Waals surface area contributed by atoms with Crippen LogP contribution in [0.4, 0.5) is 0 Å². The Labute approximate surface area is 193 Å². The number of primary amides is 1. The van der Waals surface area contributed by atoms with Crippen LogP contribution >= 0.6 is 0 Å². The van der Waals surface area contributed by atoms with E-state index in [1.807, 2.05) is 25.3 Å². The number of β-amino-alcohol motifs (C(OH)–C–C–N with tert-alkyl or cyclic N) is 1. The third-order valence-corrected chi connectivity index (χ3v) is 6.41. The van der Waals surface area contributed by atoms with Crippen LogP contribution in [0.25, 0.3) is 0 Å². The number of aliphatic hydroxyl groups is 1. The number of likely N-dealkylation sites (tertiary alicyclic amines) is 1. The summed E-state index contributed by atoms with van der Waals surface area (Å²) in [6, 6.07) is 6.19. The topological polar surface area (TPSA) is 129 Å². The number of cyclic esters (lactones) is 1. The zero-order chi connectivity index (χ0) is 24.0. The molecule has 1 unspecified atom stereocenters. The van der Waals surface area contributed by atoms with E-state index in [2.05, 4.69) is 21.6 Å². The number of amides is 1. The van der Waals surface area contributed by atoms with Gasteiger partial charge in [0, 0.05) is 44.0 Å². The lowest BCUT2D eigenvalue weighted by molar-refractivity contribution is -0.106. The number of nitriles is 1. The van der Waals surface area contributed by atoms with Gasteiger partial charge in [0.05, 0.1) is 18.8 Å². The number of piperidine rings is 1. The molecule has 1 atom stereocenters. The minimum atomic E-state index is -0.602. The Bertz CT molecular complexity index is 989. The summed E-state index contributed by atoms with van der Waals surface area (Å²) in [6.45, 7) is 5.33. The molecule has 1 amide bonds. The van der Waals surface area contributed by atoms with E-state index in [0.29, 0.717) is 36.1 Å². The molecular weight excluding hydrogens is 424 g/mol. The first-order chi connectivity index (χ1) is 15.9. The van der Waals surface area contributed by atoms with Gasteiger partial charge in [-0.05, 0) is 43.0 Å². The second kappa shape index (κ2) is 11.0. The maximum absolute atomic E-state index is 11.7. The van der Waals surface area contributed by atoms with Gasteiger partial charge in [-0.2, -0.15) is 5.26 Å². The number of hydrogen-bond donors (Lipinski definition) is 2. The number of methoxy groups -OCH3 is 1. The molecule has 9 heteroatoms. The van der Waals surface area contributed by atoms with Gasteiger partial charge in [0.15, 0.2) is 0 Å². The average molecular weight is 455 g/mol. The number of hydrogen-bond acceptors (Lipinski definition) is 8. The van der Waals surface area contributed by atoms with Gasteiger partial charge in [0.2, 0.25) is 6.41 Å². The molecule has 176 valence electrons. The predicted octanol–water partition coefficient (Wildman–Crippen LogP) is 1.52. The van der Waals surface area contributed by atoms with Crippen molar-refractivity contribution in [2.45, 2.75) is 38.5 Å². The molecule has 9 nitrogen and oxygen atoms in total. The minimum absolute atomic E-state index is 0.250. The molecule has 33 heavy (non-hydrogen) atoms. The lowest BCUT2D eigenvalue weighted by atomic mass is 9.94. The van der Waals surface area contributed by atoms with Crippen LogP contribution in [0.3, 0.4) is 0 Å². The van der Waals surface area contributed by atoms with Gasteiger partial charge >= 0.3 is 5.97 Å². The molecular formula is C24H30N4O5. The number of benzene rings is 1. The maximum atomic E-state index is 11.7. The highest BCUT2D eigenvalue weighted by Gasteiger charge is 2.29. The molecule has 1 aromatic carbocycles. The van der Waals surface area contributed by atoms with Crippen molar-refractivity contribution in [3.63, 3.8) is 0 Å².